The molecule has 0 unspecified atom stereocenters. The van der Waals surface area contributed by atoms with E-state index in [0.717, 1.165) is 35.2 Å². The average molecular weight is 463 g/mol. The molecule has 0 radical (unpaired) electrons. The normalized spacial score (nSPS) is 12.0. The number of carbonyl (C=O) groups excluding carboxylic acids is 1. The lowest BCUT2D eigenvalue weighted by Gasteiger charge is -2.21. The van der Waals surface area contributed by atoms with E-state index in [2.05, 4.69) is 20.2 Å². The molecule has 7 nitrogen and oxygen atoms in total. The number of nitrogens with zero attached hydrogens (tertiary/aromatic N) is 2. The van der Waals surface area contributed by atoms with Gasteiger partial charge < -0.3 is 0 Å². The van der Waals surface area contributed by atoms with Crippen molar-refractivity contribution in [3.05, 3.63) is 70.5 Å². The van der Waals surface area contributed by atoms with Crippen LogP contribution in [0.2, 0.25) is 0 Å². The number of amides is 1. The molecule has 164 valence electrons. The van der Waals surface area contributed by atoms with Crippen LogP contribution in [0.1, 0.15) is 41.7 Å². The molecule has 0 saturated heterocycles. The van der Waals surface area contributed by atoms with Gasteiger partial charge in [-0.2, -0.15) is 0 Å². The molecular formula is C21H23FN4O3S2. The van der Waals surface area contributed by atoms with Gasteiger partial charge in [-0.25, -0.2) is 17.5 Å². The van der Waals surface area contributed by atoms with Gasteiger partial charge in [-0.15, -0.1) is 10.2 Å². The van der Waals surface area contributed by atoms with Crippen LogP contribution in [0.3, 0.4) is 0 Å². The topological polar surface area (TPSA) is 101 Å². The van der Waals surface area contributed by atoms with E-state index in [1.165, 1.54) is 11.3 Å². The molecule has 1 heterocycles. The van der Waals surface area contributed by atoms with E-state index >= 15 is 0 Å². The summed E-state index contributed by atoms with van der Waals surface area (Å²) in [4.78, 5) is 12.4. The molecule has 0 aliphatic rings. The second-order valence-electron chi connectivity index (χ2n) is 7.56. The minimum absolute atomic E-state index is 0.174. The highest BCUT2D eigenvalue weighted by Crippen LogP contribution is 2.32. The summed E-state index contributed by atoms with van der Waals surface area (Å²) in [6.45, 7) is 5.86. The van der Waals surface area contributed by atoms with Gasteiger partial charge in [0.05, 0.1) is 10.5 Å². The molecule has 0 spiro atoms. The highest BCUT2D eigenvalue weighted by Gasteiger charge is 2.27. The molecule has 3 aromatic rings. The second kappa shape index (κ2) is 9.21. The first-order valence-corrected chi connectivity index (χ1v) is 11.9. The van der Waals surface area contributed by atoms with Crippen molar-refractivity contribution in [1.82, 2.24) is 14.9 Å². The van der Waals surface area contributed by atoms with Gasteiger partial charge in [0.2, 0.25) is 15.2 Å². The van der Waals surface area contributed by atoms with Gasteiger partial charge >= 0.3 is 0 Å². The lowest BCUT2D eigenvalue weighted by molar-refractivity contribution is 0.102. The van der Waals surface area contributed by atoms with E-state index in [1.807, 2.05) is 44.2 Å². The van der Waals surface area contributed by atoms with Gasteiger partial charge in [0.15, 0.2) is 0 Å². The summed E-state index contributed by atoms with van der Waals surface area (Å²) in [5.41, 5.74) is 0.431. The van der Waals surface area contributed by atoms with Crippen molar-refractivity contribution in [1.29, 1.82) is 0 Å². The maximum absolute atomic E-state index is 14.2. The highest BCUT2D eigenvalue weighted by atomic mass is 32.2. The third-order valence-corrected chi connectivity index (χ3v) is 7.29. The van der Waals surface area contributed by atoms with E-state index in [1.54, 1.807) is 6.92 Å². The van der Waals surface area contributed by atoms with Crippen LogP contribution in [0.4, 0.5) is 9.52 Å². The first-order chi connectivity index (χ1) is 14.6. The Morgan fingerprint density at radius 2 is 1.84 bits per heavy atom. The van der Waals surface area contributed by atoms with Gasteiger partial charge in [-0.3, -0.25) is 10.1 Å². The summed E-state index contributed by atoms with van der Waals surface area (Å²) in [7, 11) is -3.82. The Kier molecular flexibility index (Phi) is 6.83. The third kappa shape index (κ3) is 5.52. The van der Waals surface area contributed by atoms with E-state index in [-0.39, 0.29) is 27.6 Å². The maximum atomic E-state index is 14.2. The summed E-state index contributed by atoms with van der Waals surface area (Å²) in [5, 5.41) is 11.6. The zero-order valence-corrected chi connectivity index (χ0v) is 19.0. The Morgan fingerprint density at radius 1 is 1.13 bits per heavy atom. The molecule has 0 bridgehead atoms. The van der Waals surface area contributed by atoms with E-state index < -0.39 is 21.7 Å². The van der Waals surface area contributed by atoms with Crippen molar-refractivity contribution in [2.75, 3.05) is 11.9 Å². The fraction of sp³-hybridized carbons (Fsp3) is 0.286. The van der Waals surface area contributed by atoms with Gasteiger partial charge in [-0.05, 0) is 30.2 Å². The van der Waals surface area contributed by atoms with E-state index in [4.69, 9.17) is 0 Å². The molecule has 10 heteroatoms. The van der Waals surface area contributed by atoms with Crippen LogP contribution in [0.5, 0.6) is 0 Å². The minimum Gasteiger partial charge on any atom is -0.296 e. The largest absolute Gasteiger partial charge is 0.296 e. The fourth-order valence-corrected chi connectivity index (χ4v) is 4.92. The number of hydrogen-bond donors (Lipinski definition) is 2. The molecule has 2 aromatic carbocycles. The number of carbonyl (C=O) groups is 1. The van der Waals surface area contributed by atoms with Crippen LogP contribution in [0.25, 0.3) is 0 Å². The van der Waals surface area contributed by atoms with E-state index in [9.17, 15) is 17.6 Å². The molecule has 2 N–H and O–H groups in total. The van der Waals surface area contributed by atoms with Crippen molar-refractivity contribution in [2.45, 2.75) is 37.5 Å². The van der Waals surface area contributed by atoms with Gasteiger partial charge in [-0.1, -0.05) is 62.4 Å². The predicted molar refractivity (Wildman–Crippen MR) is 118 cm³/mol. The summed E-state index contributed by atoms with van der Waals surface area (Å²) in [6, 6.07) is 13.0. The Morgan fingerprint density at radius 3 is 2.52 bits per heavy atom. The Labute approximate surface area is 184 Å². The molecule has 0 atom stereocenters. The smallest absolute Gasteiger partial charge is 0.260 e. The quantitative estimate of drug-likeness (QED) is 0.531. The van der Waals surface area contributed by atoms with Gasteiger partial charge in [0, 0.05) is 12.0 Å². The Balaban J connectivity index is 1.78. The van der Waals surface area contributed by atoms with Crippen molar-refractivity contribution in [2.24, 2.45) is 0 Å². The average Bonchev–Trinajstić information content (AvgIpc) is 3.18. The van der Waals surface area contributed by atoms with Crippen LogP contribution >= 0.6 is 11.3 Å². The summed E-state index contributed by atoms with van der Waals surface area (Å²) in [6.07, 6.45) is 0.732. The molecule has 31 heavy (non-hydrogen) atoms. The lowest BCUT2D eigenvalue weighted by Crippen LogP contribution is -2.24. The lowest BCUT2D eigenvalue weighted by atomic mass is 9.86. The monoisotopic (exact) mass is 462 g/mol. The number of hydrogen-bond acceptors (Lipinski definition) is 6. The SMILES string of the molecule is CCNS(=O)(=O)c1ccc(F)c(C(=O)Nc2nnc(C(C)(C)Cc3ccccc3)s2)c1. The summed E-state index contributed by atoms with van der Waals surface area (Å²) >= 11 is 1.20. The molecule has 0 aliphatic heterocycles. The van der Waals surface area contributed by atoms with E-state index in [0.29, 0.717) is 0 Å². The van der Waals surface area contributed by atoms with Crippen molar-refractivity contribution < 1.29 is 17.6 Å². The first kappa shape index (κ1) is 23.0. The number of halogens is 1. The van der Waals surface area contributed by atoms with Crippen LogP contribution in [0.15, 0.2) is 53.4 Å². The van der Waals surface area contributed by atoms with Crippen LogP contribution in [-0.4, -0.2) is 31.1 Å². The Bertz CT molecular complexity index is 1180. The number of rotatable bonds is 8. The van der Waals surface area contributed by atoms with Crippen LogP contribution in [0, 0.1) is 5.82 Å². The fourth-order valence-electron chi connectivity index (χ4n) is 3.01. The molecule has 1 amide bonds. The summed E-state index contributed by atoms with van der Waals surface area (Å²) in [5.74, 6) is -1.63. The minimum atomic E-state index is -3.82. The van der Waals surface area contributed by atoms with Crippen LogP contribution < -0.4 is 10.0 Å². The van der Waals surface area contributed by atoms with Gasteiger partial charge in [0.25, 0.3) is 5.91 Å². The second-order valence-corrected chi connectivity index (χ2v) is 10.3. The van der Waals surface area contributed by atoms with Crippen molar-refractivity contribution in [3.8, 4) is 0 Å². The first-order valence-electron chi connectivity index (χ1n) is 9.61. The zero-order valence-electron chi connectivity index (χ0n) is 17.3. The number of benzene rings is 2. The maximum Gasteiger partial charge on any atom is 0.260 e. The molecule has 1 aromatic heterocycles. The number of aromatic nitrogens is 2. The molecule has 0 aliphatic carbocycles. The highest BCUT2D eigenvalue weighted by molar-refractivity contribution is 7.89. The third-order valence-electron chi connectivity index (χ3n) is 4.54. The Hall–Kier alpha value is -2.69. The number of nitrogens with one attached hydrogen (secondary N) is 2. The number of sulfonamides is 1. The molecule has 0 fully saturated rings. The van der Waals surface area contributed by atoms with Crippen molar-refractivity contribution in [3.63, 3.8) is 0 Å². The zero-order chi connectivity index (χ0) is 22.6. The molecule has 3 rings (SSSR count). The molecule has 0 saturated carbocycles. The van der Waals surface area contributed by atoms with Gasteiger partial charge in [0.1, 0.15) is 10.8 Å². The number of anilines is 1. The summed E-state index contributed by atoms with van der Waals surface area (Å²) < 4.78 is 40.8. The molecular weight excluding hydrogens is 439 g/mol. The standard InChI is InChI=1S/C21H23FN4O3S2/c1-4-23-31(28,29)15-10-11-17(22)16(12-15)18(27)24-20-26-25-19(30-20)21(2,3)13-14-8-6-5-7-9-14/h5-12,23H,4,13H2,1-3H3,(H,24,26,27). The van der Waals surface area contributed by atoms with Crippen LogP contribution in [-0.2, 0) is 21.9 Å². The van der Waals surface area contributed by atoms with Crippen molar-refractivity contribution >= 4 is 32.4 Å². The predicted octanol–water partition coefficient (Wildman–Crippen LogP) is 3.75.